The third-order valence-electron chi connectivity index (χ3n) is 4.33. The molecule has 0 aliphatic carbocycles. The molecule has 0 aromatic heterocycles. The molecule has 7 heteroatoms. The molecule has 2 aromatic carbocycles. The Hall–Kier alpha value is -3.61. The van der Waals surface area contributed by atoms with Crippen molar-refractivity contribution < 1.29 is 28.6 Å². The van der Waals surface area contributed by atoms with Gasteiger partial charge in [0.1, 0.15) is 18.1 Å². The standard InChI is InChI=1S/C22H23NO6/c1-4-20(25)27-14-13-23-21(26)29-19-11-7-17(8-12-19)22(2,3)16-5-9-18(10-6-16)28-15-24/h4-12,15H,1,13-14H2,2-3H3,(H,23,26). The number of hydrogen-bond acceptors (Lipinski definition) is 6. The summed E-state index contributed by atoms with van der Waals surface area (Å²) in [6.45, 7) is 7.97. The van der Waals surface area contributed by atoms with Gasteiger partial charge < -0.3 is 19.5 Å². The summed E-state index contributed by atoms with van der Waals surface area (Å²) in [6, 6.07) is 14.4. The SMILES string of the molecule is C=CC(=O)OCCNC(=O)Oc1ccc(C(C)(C)c2ccc(OC=O)cc2)cc1. The van der Waals surface area contributed by atoms with Crippen molar-refractivity contribution in [2.45, 2.75) is 19.3 Å². The van der Waals surface area contributed by atoms with Gasteiger partial charge >= 0.3 is 12.1 Å². The molecule has 0 saturated carbocycles. The Morgan fingerprint density at radius 1 is 1.00 bits per heavy atom. The number of carbonyl (C=O) groups excluding carboxylic acids is 3. The molecule has 0 aliphatic heterocycles. The Morgan fingerprint density at radius 2 is 1.55 bits per heavy atom. The minimum absolute atomic E-state index is 0.0315. The average molecular weight is 397 g/mol. The Kier molecular flexibility index (Phi) is 7.54. The first-order chi connectivity index (χ1) is 13.9. The van der Waals surface area contributed by atoms with E-state index in [0.717, 1.165) is 17.2 Å². The fourth-order valence-corrected chi connectivity index (χ4v) is 2.62. The van der Waals surface area contributed by atoms with Crippen molar-refractivity contribution in [3.05, 3.63) is 72.3 Å². The largest absolute Gasteiger partial charge is 0.461 e. The van der Waals surface area contributed by atoms with Gasteiger partial charge in [0.05, 0.1) is 6.54 Å². The third-order valence-corrected chi connectivity index (χ3v) is 4.33. The van der Waals surface area contributed by atoms with Crippen LogP contribution >= 0.6 is 0 Å². The van der Waals surface area contributed by atoms with Crippen molar-refractivity contribution >= 4 is 18.5 Å². The monoisotopic (exact) mass is 397 g/mol. The maximum atomic E-state index is 11.8. The summed E-state index contributed by atoms with van der Waals surface area (Å²) in [5.74, 6) is 0.317. The molecule has 2 rings (SSSR count). The van der Waals surface area contributed by atoms with Gasteiger partial charge in [-0.05, 0) is 35.4 Å². The molecule has 1 N–H and O–H groups in total. The van der Waals surface area contributed by atoms with Gasteiger partial charge in [0.25, 0.3) is 6.47 Å². The molecule has 0 unspecified atom stereocenters. The molecule has 29 heavy (non-hydrogen) atoms. The van der Waals surface area contributed by atoms with Crippen LogP contribution in [0.15, 0.2) is 61.2 Å². The second kappa shape index (κ2) is 10.1. The summed E-state index contributed by atoms with van der Waals surface area (Å²) >= 11 is 0. The Balaban J connectivity index is 1.94. The van der Waals surface area contributed by atoms with Gasteiger partial charge in [0, 0.05) is 11.5 Å². The first-order valence-electron chi connectivity index (χ1n) is 8.93. The van der Waals surface area contributed by atoms with Crippen LogP contribution in [0.5, 0.6) is 11.5 Å². The lowest BCUT2D eigenvalue weighted by Gasteiger charge is -2.26. The van der Waals surface area contributed by atoms with Crippen molar-refractivity contribution in [3.8, 4) is 11.5 Å². The summed E-state index contributed by atoms with van der Waals surface area (Å²) in [6.07, 6.45) is 0.409. The fraction of sp³-hybridized carbons (Fsp3) is 0.227. The predicted octanol–water partition coefficient (Wildman–Crippen LogP) is 3.37. The van der Waals surface area contributed by atoms with E-state index in [1.165, 1.54) is 0 Å². The number of ether oxygens (including phenoxy) is 3. The van der Waals surface area contributed by atoms with E-state index in [0.29, 0.717) is 18.0 Å². The van der Waals surface area contributed by atoms with Gasteiger partial charge in [0.15, 0.2) is 0 Å². The predicted molar refractivity (Wildman–Crippen MR) is 107 cm³/mol. The molecule has 152 valence electrons. The van der Waals surface area contributed by atoms with E-state index in [1.54, 1.807) is 24.3 Å². The summed E-state index contributed by atoms with van der Waals surface area (Å²) in [5, 5.41) is 2.49. The van der Waals surface area contributed by atoms with Crippen LogP contribution in [-0.2, 0) is 19.7 Å². The van der Waals surface area contributed by atoms with Crippen molar-refractivity contribution in [2.24, 2.45) is 0 Å². The Bertz CT molecular complexity index is 856. The molecule has 0 spiro atoms. The number of esters is 1. The van der Waals surface area contributed by atoms with Gasteiger partial charge in [-0.2, -0.15) is 0 Å². The van der Waals surface area contributed by atoms with Crippen LogP contribution in [0.1, 0.15) is 25.0 Å². The lowest BCUT2D eigenvalue weighted by molar-refractivity contribution is -0.137. The van der Waals surface area contributed by atoms with Crippen LogP contribution in [0.3, 0.4) is 0 Å². The molecule has 0 aliphatic rings. The number of benzene rings is 2. The molecule has 7 nitrogen and oxygen atoms in total. The fourth-order valence-electron chi connectivity index (χ4n) is 2.62. The maximum Gasteiger partial charge on any atom is 0.412 e. The van der Waals surface area contributed by atoms with E-state index in [2.05, 4.69) is 25.7 Å². The summed E-state index contributed by atoms with van der Waals surface area (Å²) < 4.78 is 14.8. The van der Waals surface area contributed by atoms with Crippen LogP contribution in [0, 0.1) is 0 Å². The summed E-state index contributed by atoms with van der Waals surface area (Å²) in [5.41, 5.74) is 1.75. The van der Waals surface area contributed by atoms with Gasteiger partial charge in [-0.1, -0.05) is 44.7 Å². The first kappa shape index (κ1) is 21.7. The van der Waals surface area contributed by atoms with Crippen LogP contribution in [0.25, 0.3) is 0 Å². The highest BCUT2D eigenvalue weighted by Crippen LogP contribution is 2.33. The average Bonchev–Trinajstić information content (AvgIpc) is 2.72. The maximum absolute atomic E-state index is 11.8. The molecule has 0 fully saturated rings. The van der Waals surface area contributed by atoms with Gasteiger partial charge in [-0.15, -0.1) is 0 Å². The molecule has 0 atom stereocenters. The first-order valence-corrected chi connectivity index (χ1v) is 8.93. The van der Waals surface area contributed by atoms with E-state index >= 15 is 0 Å². The smallest absolute Gasteiger partial charge is 0.412 e. The van der Waals surface area contributed by atoms with Crippen LogP contribution in [0.2, 0.25) is 0 Å². The van der Waals surface area contributed by atoms with E-state index in [9.17, 15) is 14.4 Å². The lowest BCUT2D eigenvalue weighted by atomic mass is 9.78. The highest BCUT2D eigenvalue weighted by molar-refractivity contribution is 5.81. The van der Waals surface area contributed by atoms with Crippen molar-refractivity contribution in [1.82, 2.24) is 5.32 Å². The number of hydrogen-bond donors (Lipinski definition) is 1. The van der Waals surface area contributed by atoms with Crippen molar-refractivity contribution in [1.29, 1.82) is 0 Å². The van der Waals surface area contributed by atoms with E-state index in [1.807, 2.05) is 24.3 Å². The molecular weight excluding hydrogens is 374 g/mol. The molecule has 0 heterocycles. The summed E-state index contributed by atoms with van der Waals surface area (Å²) in [4.78, 5) is 33.1. The molecule has 0 radical (unpaired) electrons. The topological polar surface area (TPSA) is 90.9 Å². The highest BCUT2D eigenvalue weighted by Gasteiger charge is 2.23. The molecule has 1 amide bonds. The number of nitrogens with one attached hydrogen (secondary N) is 1. The second-order valence-corrected chi connectivity index (χ2v) is 6.58. The van der Waals surface area contributed by atoms with Crippen LogP contribution in [-0.4, -0.2) is 31.7 Å². The highest BCUT2D eigenvalue weighted by atomic mass is 16.6. The van der Waals surface area contributed by atoms with E-state index in [-0.39, 0.29) is 18.6 Å². The molecular formula is C22H23NO6. The lowest BCUT2D eigenvalue weighted by Crippen LogP contribution is -2.30. The Labute approximate surface area is 169 Å². The summed E-state index contributed by atoms with van der Waals surface area (Å²) in [7, 11) is 0. The Morgan fingerprint density at radius 3 is 2.07 bits per heavy atom. The zero-order chi connectivity index (χ0) is 21.3. The van der Waals surface area contributed by atoms with Gasteiger partial charge in [-0.25, -0.2) is 9.59 Å². The number of amides is 1. The zero-order valence-electron chi connectivity index (χ0n) is 16.3. The second-order valence-electron chi connectivity index (χ2n) is 6.58. The van der Waals surface area contributed by atoms with Gasteiger partial charge in [0.2, 0.25) is 0 Å². The molecule has 2 aromatic rings. The number of carbonyl (C=O) groups is 3. The van der Waals surface area contributed by atoms with Crippen LogP contribution in [0.4, 0.5) is 4.79 Å². The normalized spacial score (nSPS) is 10.6. The minimum atomic E-state index is -0.641. The van der Waals surface area contributed by atoms with Gasteiger partial charge in [-0.3, -0.25) is 4.79 Å². The third kappa shape index (κ3) is 6.21. The van der Waals surface area contributed by atoms with E-state index in [4.69, 9.17) is 14.2 Å². The van der Waals surface area contributed by atoms with Crippen LogP contribution < -0.4 is 14.8 Å². The molecule has 0 bridgehead atoms. The molecule has 0 saturated heterocycles. The van der Waals surface area contributed by atoms with Crippen molar-refractivity contribution in [2.75, 3.05) is 13.2 Å². The number of rotatable bonds is 9. The minimum Gasteiger partial charge on any atom is -0.461 e. The van der Waals surface area contributed by atoms with Crippen molar-refractivity contribution in [3.63, 3.8) is 0 Å². The van der Waals surface area contributed by atoms with E-state index < -0.39 is 12.1 Å². The quantitative estimate of drug-likeness (QED) is 0.302. The zero-order valence-corrected chi connectivity index (χ0v) is 16.3.